The van der Waals surface area contributed by atoms with Gasteiger partial charge in [0, 0.05) is 24.5 Å². The van der Waals surface area contributed by atoms with Crippen LogP contribution in [0.1, 0.15) is 52.0 Å². The van der Waals surface area contributed by atoms with Gasteiger partial charge in [-0.25, -0.2) is 14.8 Å². The summed E-state index contributed by atoms with van der Waals surface area (Å²) in [6.07, 6.45) is 6.18. The van der Waals surface area contributed by atoms with Gasteiger partial charge in [-0.1, -0.05) is 11.6 Å². The number of carbonyl (C=O) groups excluding carboxylic acids is 1. The van der Waals surface area contributed by atoms with E-state index < -0.39 is 5.60 Å². The lowest BCUT2D eigenvalue weighted by Gasteiger charge is -2.35. The summed E-state index contributed by atoms with van der Waals surface area (Å²) < 4.78 is 11.1. The van der Waals surface area contributed by atoms with Crippen LogP contribution in [0.3, 0.4) is 0 Å². The summed E-state index contributed by atoms with van der Waals surface area (Å²) in [6.45, 7) is 5.68. The first kappa shape index (κ1) is 21.6. The van der Waals surface area contributed by atoms with Crippen molar-refractivity contribution in [2.24, 2.45) is 5.92 Å². The summed E-state index contributed by atoms with van der Waals surface area (Å²) in [4.78, 5) is 22.5. The molecule has 3 rings (SSSR count). The number of hydrogen-bond acceptors (Lipinski definition) is 5. The van der Waals surface area contributed by atoms with E-state index in [1.165, 1.54) is 6.33 Å². The molecule has 1 fully saturated rings. The summed E-state index contributed by atoms with van der Waals surface area (Å²) in [7, 11) is 3.52. The molecule has 0 unspecified atom stereocenters. The molecule has 2 aromatic rings. The molecule has 1 aliphatic rings. The number of carbonyl (C=O) groups is 1. The summed E-state index contributed by atoms with van der Waals surface area (Å²) in [5.41, 5.74) is 1.44. The van der Waals surface area contributed by atoms with Gasteiger partial charge in [-0.3, -0.25) is 0 Å². The minimum atomic E-state index is -0.472. The van der Waals surface area contributed by atoms with Crippen molar-refractivity contribution in [2.75, 3.05) is 14.2 Å². The van der Waals surface area contributed by atoms with Crippen molar-refractivity contribution in [3.05, 3.63) is 29.2 Å². The molecule has 1 heterocycles. The molecule has 0 saturated heterocycles. The van der Waals surface area contributed by atoms with Crippen LogP contribution in [0.4, 0.5) is 4.79 Å². The lowest BCUT2D eigenvalue weighted by atomic mass is 9.81. The fraction of sp³-hybridized carbons (Fsp3) is 0.591. The highest BCUT2D eigenvalue weighted by molar-refractivity contribution is 6.34. The molecule has 0 aliphatic heterocycles. The van der Waals surface area contributed by atoms with E-state index in [-0.39, 0.29) is 12.1 Å². The zero-order chi connectivity index (χ0) is 21.2. The van der Waals surface area contributed by atoms with E-state index >= 15 is 0 Å². The van der Waals surface area contributed by atoms with E-state index in [2.05, 4.69) is 16.0 Å². The Morgan fingerprint density at radius 3 is 2.52 bits per heavy atom. The number of ether oxygens (including phenoxy) is 2. The van der Waals surface area contributed by atoms with E-state index in [0.29, 0.717) is 11.1 Å². The number of hydrogen-bond donors (Lipinski definition) is 0. The van der Waals surface area contributed by atoms with E-state index in [4.69, 9.17) is 21.1 Å². The van der Waals surface area contributed by atoms with E-state index in [0.717, 1.165) is 54.3 Å². The lowest BCUT2D eigenvalue weighted by molar-refractivity contribution is 0.0172. The fourth-order valence-corrected chi connectivity index (χ4v) is 4.17. The third-order valence-electron chi connectivity index (χ3n) is 5.54. The van der Waals surface area contributed by atoms with Crippen molar-refractivity contribution in [2.45, 2.75) is 64.5 Å². The molecule has 1 aliphatic carbocycles. The molecule has 0 spiro atoms. The Balaban J connectivity index is 1.65. The molecule has 6 nitrogen and oxygen atoms in total. The Labute approximate surface area is 177 Å². The van der Waals surface area contributed by atoms with Crippen molar-refractivity contribution in [3.8, 4) is 5.75 Å². The number of rotatable bonds is 4. The summed E-state index contributed by atoms with van der Waals surface area (Å²) in [5.74, 6) is 1.37. The van der Waals surface area contributed by atoms with Gasteiger partial charge in [-0.15, -0.1) is 0 Å². The molecule has 1 aromatic heterocycles. The number of methoxy groups -OCH3 is 1. The maximum atomic E-state index is 12.3. The topological polar surface area (TPSA) is 64.6 Å². The Kier molecular flexibility index (Phi) is 6.52. The molecule has 0 N–H and O–H groups in total. The zero-order valence-electron chi connectivity index (χ0n) is 17.9. The summed E-state index contributed by atoms with van der Waals surface area (Å²) in [6, 6.07) is 4.21. The van der Waals surface area contributed by atoms with Crippen molar-refractivity contribution in [3.63, 3.8) is 0 Å². The van der Waals surface area contributed by atoms with Gasteiger partial charge < -0.3 is 14.4 Å². The first-order valence-corrected chi connectivity index (χ1v) is 10.5. The van der Waals surface area contributed by atoms with Crippen LogP contribution in [0.5, 0.6) is 5.75 Å². The Morgan fingerprint density at radius 1 is 1.21 bits per heavy atom. The van der Waals surface area contributed by atoms with Crippen LogP contribution in [-0.2, 0) is 11.2 Å². The van der Waals surface area contributed by atoms with Gasteiger partial charge in [0.25, 0.3) is 0 Å². The summed E-state index contributed by atoms with van der Waals surface area (Å²) in [5, 5.41) is 1.31. The van der Waals surface area contributed by atoms with Gasteiger partial charge in [0.2, 0.25) is 0 Å². The van der Waals surface area contributed by atoms with Crippen molar-refractivity contribution in [1.29, 1.82) is 0 Å². The molecular weight excluding hydrogens is 390 g/mol. The van der Waals surface area contributed by atoms with Gasteiger partial charge in [0.05, 0.1) is 12.6 Å². The maximum Gasteiger partial charge on any atom is 0.410 e. The van der Waals surface area contributed by atoms with Crippen LogP contribution in [0, 0.1) is 5.92 Å². The standard InChI is InChI=1S/C22H30ClN3O3/c1-22(2,3)29-21(27)26(4)16-8-6-14(7-9-16)10-15-11-17-18(12-19(15)28-5)24-13-25-20(17)23/h11-14,16H,6-10H2,1-5H3. The molecule has 1 amide bonds. The molecular formula is C22H30ClN3O3. The molecule has 29 heavy (non-hydrogen) atoms. The van der Waals surface area contributed by atoms with E-state index in [1.54, 1.807) is 12.0 Å². The average Bonchev–Trinajstić information content (AvgIpc) is 2.67. The minimum Gasteiger partial charge on any atom is -0.496 e. The Morgan fingerprint density at radius 2 is 1.90 bits per heavy atom. The van der Waals surface area contributed by atoms with Crippen molar-refractivity contribution < 1.29 is 14.3 Å². The first-order valence-electron chi connectivity index (χ1n) is 10.1. The monoisotopic (exact) mass is 419 g/mol. The lowest BCUT2D eigenvalue weighted by Crippen LogP contribution is -2.42. The number of halogens is 1. The first-order chi connectivity index (χ1) is 13.7. The molecule has 7 heteroatoms. The number of benzene rings is 1. The fourth-order valence-electron chi connectivity index (χ4n) is 3.98. The number of nitrogens with zero attached hydrogens (tertiary/aromatic N) is 3. The zero-order valence-corrected chi connectivity index (χ0v) is 18.6. The Bertz CT molecular complexity index is 873. The van der Waals surface area contributed by atoms with Crippen molar-refractivity contribution in [1.82, 2.24) is 14.9 Å². The predicted octanol–water partition coefficient (Wildman–Crippen LogP) is 5.26. The summed E-state index contributed by atoms with van der Waals surface area (Å²) >= 11 is 6.26. The van der Waals surface area contributed by atoms with Gasteiger partial charge in [0.1, 0.15) is 22.8 Å². The van der Waals surface area contributed by atoms with E-state index in [9.17, 15) is 4.79 Å². The Hall–Kier alpha value is -2.08. The second kappa shape index (κ2) is 8.74. The molecule has 0 radical (unpaired) electrons. The normalized spacial score (nSPS) is 19.8. The van der Waals surface area contributed by atoms with Crippen LogP contribution >= 0.6 is 11.6 Å². The van der Waals surface area contributed by atoms with Gasteiger partial charge >= 0.3 is 6.09 Å². The molecule has 0 bridgehead atoms. The maximum absolute atomic E-state index is 12.3. The van der Waals surface area contributed by atoms with Crippen LogP contribution in [0.25, 0.3) is 10.9 Å². The SMILES string of the molecule is COc1cc2ncnc(Cl)c2cc1CC1CCC(N(C)C(=O)OC(C)(C)C)CC1. The second-order valence-corrected chi connectivity index (χ2v) is 9.17. The van der Waals surface area contributed by atoms with Crippen molar-refractivity contribution >= 4 is 28.6 Å². The average molecular weight is 420 g/mol. The van der Waals surface area contributed by atoms with Gasteiger partial charge in [-0.05, 0) is 70.4 Å². The van der Waals surface area contributed by atoms with Gasteiger partial charge in [0.15, 0.2) is 0 Å². The molecule has 158 valence electrons. The quantitative estimate of drug-likeness (QED) is 0.632. The molecule has 1 aromatic carbocycles. The smallest absolute Gasteiger partial charge is 0.410 e. The molecule has 1 saturated carbocycles. The predicted molar refractivity (Wildman–Crippen MR) is 115 cm³/mol. The largest absolute Gasteiger partial charge is 0.496 e. The number of aromatic nitrogens is 2. The highest BCUT2D eigenvalue weighted by Gasteiger charge is 2.29. The van der Waals surface area contributed by atoms with Crippen LogP contribution in [-0.4, -0.2) is 46.8 Å². The highest BCUT2D eigenvalue weighted by atomic mass is 35.5. The number of fused-ring (bicyclic) bond motifs is 1. The van der Waals surface area contributed by atoms with Crippen LogP contribution < -0.4 is 4.74 Å². The van der Waals surface area contributed by atoms with Gasteiger partial charge in [-0.2, -0.15) is 0 Å². The minimum absolute atomic E-state index is 0.224. The highest BCUT2D eigenvalue weighted by Crippen LogP contribution is 2.35. The second-order valence-electron chi connectivity index (χ2n) is 8.82. The third kappa shape index (κ3) is 5.30. The van der Waals surface area contributed by atoms with Crippen LogP contribution in [0.15, 0.2) is 18.5 Å². The van der Waals surface area contributed by atoms with Crippen LogP contribution in [0.2, 0.25) is 5.15 Å². The third-order valence-corrected chi connectivity index (χ3v) is 5.84. The molecule has 0 atom stereocenters. The van der Waals surface area contributed by atoms with E-state index in [1.807, 2.05) is 33.9 Å². The number of amides is 1.